The van der Waals surface area contributed by atoms with Crippen molar-refractivity contribution in [1.29, 1.82) is 0 Å². The van der Waals surface area contributed by atoms with Gasteiger partial charge < -0.3 is 10.6 Å². The van der Waals surface area contributed by atoms with E-state index in [4.69, 9.17) is 0 Å². The highest BCUT2D eigenvalue weighted by molar-refractivity contribution is 6.10. The second kappa shape index (κ2) is 7.67. The number of imide groups is 1. The van der Waals surface area contributed by atoms with Gasteiger partial charge in [0.1, 0.15) is 17.9 Å². The lowest BCUT2D eigenvalue weighted by atomic mass is 9.88. The molecule has 1 aromatic heterocycles. The van der Waals surface area contributed by atoms with Crippen molar-refractivity contribution < 1.29 is 14.4 Å². The number of rotatable bonds is 8. The number of nitrogens with one attached hydrogen (secondary N) is 2. The average molecular weight is 349 g/mol. The zero-order valence-corrected chi connectivity index (χ0v) is 15.3. The van der Waals surface area contributed by atoms with E-state index in [0.717, 1.165) is 17.7 Å². The Kier molecular flexibility index (Phi) is 5.81. The Morgan fingerprint density at radius 2 is 1.92 bits per heavy atom. The molecule has 0 aromatic carbocycles. The van der Waals surface area contributed by atoms with Crippen LogP contribution in [0.15, 0.2) is 12.3 Å². The van der Waals surface area contributed by atoms with Gasteiger partial charge in [0.15, 0.2) is 0 Å². The van der Waals surface area contributed by atoms with Crippen LogP contribution in [-0.4, -0.2) is 44.6 Å². The van der Waals surface area contributed by atoms with Gasteiger partial charge in [0.2, 0.25) is 5.91 Å². The van der Waals surface area contributed by atoms with Crippen LogP contribution in [-0.2, 0) is 9.59 Å². The molecule has 25 heavy (non-hydrogen) atoms. The van der Waals surface area contributed by atoms with Crippen molar-refractivity contribution in [3.05, 3.63) is 12.3 Å². The highest BCUT2D eigenvalue weighted by Crippen LogP contribution is 2.28. The van der Waals surface area contributed by atoms with Crippen LogP contribution in [0.5, 0.6) is 0 Å². The van der Waals surface area contributed by atoms with Crippen molar-refractivity contribution in [2.45, 2.75) is 65.0 Å². The summed E-state index contributed by atoms with van der Waals surface area (Å²) in [4.78, 5) is 38.4. The summed E-state index contributed by atoms with van der Waals surface area (Å²) in [5.41, 5.74) is -0.874. The lowest BCUT2D eigenvalue weighted by Gasteiger charge is -2.25. The summed E-state index contributed by atoms with van der Waals surface area (Å²) in [5.74, 6) is -0.191. The quantitative estimate of drug-likeness (QED) is 0.704. The number of aromatic nitrogens is 2. The number of carbonyl (C=O) groups is 3. The molecule has 8 nitrogen and oxygen atoms in total. The van der Waals surface area contributed by atoms with Crippen molar-refractivity contribution in [3.8, 4) is 0 Å². The molecule has 1 aliphatic rings. The molecule has 2 heterocycles. The summed E-state index contributed by atoms with van der Waals surface area (Å²) >= 11 is 0. The van der Waals surface area contributed by atoms with Gasteiger partial charge in [-0.05, 0) is 26.7 Å². The summed E-state index contributed by atoms with van der Waals surface area (Å²) in [5, 5.41) is 9.67. The van der Waals surface area contributed by atoms with Crippen LogP contribution < -0.4 is 10.6 Å². The zero-order valence-electron chi connectivity index (χ0n) is 15.3. The maximum absolute atomic E-state index is 12.8. The van der Waals surface area contributed by atoms with Crippen LogP contribution in [0.2, 0.25) is 0 Å². The first-order valence-electron chi connectivity index (χ1n) is 8.82. The van der Waals surface area contributed by atoms with Gasteiger partial charge in [-0.15, -0.1) is 0 Å². The van der Waals surface area contributed by atoms with Crippen molar-refractivity contribution in [3.63, 3.8) is 0 Å². The third kappa shape index (κ3) is 3.83. The van der Waals surface area contributed by atoms with Crippen LogP contribution in [0.25, 0.3) is 0 Å². The van der Waals surface area contributed by atoms with Crippen LogP contribution >= 0.6 is 0 Å². The van der Waals surface area contributed by atoms with Gasteiger partial charge >= 0.3 is 6.03 Å². The number of anilines is 1. The highest BCUT2D eigenvalue weighted by atomic mass is 16.2. The molecule has 1 aliphatic heterocycles. The lowest BCUT2D eigenvalue weighted by Crippen LogP contribution is -2.47. The summed E-state index contributed by atoms with van der Waals surface area (Å²) in [6, 6.07) is 1.27. The van der Waals surface area contributed by atoms with Crippen LogP contribution in [0, 0.1) is 0 Å². The third-order valence-electron chi connectivity index (χ3n) is 4.33. The van der Waals surface area contributed by atoms with E-state index >= 15 is 0 Å². The Bertz CT molecular complexity index is 646. The molecular formula is C17H27N5O3. The Balaban J connectivity index is 2.08. The summed E-state index contributed by atoms with van der Waals surface area (Å²) in [6.45, 7) is 7.54. The molecular weight excluding hydrogens is 322 g/mol. The summed E-state index contributed by atoms with van der Waals surface area (Å²) < 4.78 is 1.67. The molecule has 0 atom stereocenters. The normalized spacial score (nSPS) is 16.4. The maximum Gasteiger partial charge on any atom is 0.325 e. The minimum Gasteiger partial charge on any atom is -0.323 e. The number of hydrogen-bond acceptors (Lipinski definition) is 4. The Morgan fingerprint density at radius 1 is 1.28 bits per heavy atom. The average Bonchev–Trinajstić information content (AvgIpc) is 3.07. The molecule has 1 aromatic rings. The maximum atomic E-state index is 12.8. The topological polar surface area (TPSA) is 96.3 Å². The fourth-order valence-electron chi connectivity index (χ4n) is 3.29. The number of urea groups is 1. The van der Waals surface area contributed by atoms with E-state index in [1.165, 1.54) is 0 Å². The third-order valence-corrected chi connectivity index (χ3v) is 4.33. The first-order chi connectivity index (χ1) is 11.8. The van der Waals surface area contributed by atoms with E-state index in [9.17, 15) is 14.4 Å². The first kappa shape index (κ1) is 19.0. The van der Waals surface area contributed by atoms with Gasteiger partial charge in [-0.1, -0.05) is 26.7 Å². The van der Waals surface area contributed by atoms with Gasteiger partial charge in [-0.3, -0.25) is 14.5 Å². The number of hydrogen-bond donors (Lipinski definition) is 2. The standard InChI is InChI=1S/C17H27N5O3/c1-5-8-17(9-6-2)15(24)21(16(25)20-17)11-14(23)19-13-7-10-18-22(13)12(3)4/h7,10,12H,5-6,8-9,11H2,1-4H3,(H,19,23)(H,20,25). The van der Waals surface area contributed by atoms with Gasteiger partial charge in [0, 0.05) is 12.1 Å². The predicted molar refractivity (Wildman–Crippen MR) is 94.0 cm³/mol. The number of amides is 4. The molecule has 0 saturated carbocycles. The van der Waals surface area contributed by atoms with Crippen molar-refractivity contribution in [2.24, 2.45) is 0 Å². The summed E-state index contributed by atoms with van der Waals surface area (Å²) in [6.07, 6.45) is 4.30. The Morgan fingerprint density at radius 3 is 2.48 bits per heavy atom. The van der Waals surface area contributed by atoms with Gasteiger partial charge in [-0.25, -0.2) is 9.48 Å². The first-order valence-corrected chi connectivity index (χ1v) is 8.82. The fourth-order valence-corrected chi connectivity index (χ4v) is 3.29. The minimum atomic E-state index is -0.874. The number of carbonyl (C=O) groups excluding carboxylic acids is 3. The van der Waals surface area contributed by atoms with Crippen molar-refractivity contribution in [1.82, 2.24) is 20.0 Å². The molecule has 0 spiro atoms. The second-order valence-corrected chi connectivity index (χ2v) is 6.71. The van der Waals surface area contributed by atoms with E-state index in [2.05, 4.69) is 15.7 Å². The number of nitrogens with zero attached hydrogens (tertiary/aromatic N) is 3. The molecule has 138 valence electrons. The Labute approximate surface area is 147 Å². The molecule has 2 N–H and O–H groups in total. The molecule has 2 rings (SSSR count). The molecule has 1 saturated heterocycles. The van der Waals surface area contributed by atoms with E-state index < -0.39 is 17.5 Å². The van der Waals surface area contributed by atoms with Gasteiger partial charge in [-0.2, -0.15) is 5.10 Å². The molecule has 8 heteroatoms. The predicted octanol–water partition coefficient (Wildman–Crippen LogP) is 2.29. The molecule has 0 radical (unpaired) electrons. The van der Waals surface area contributed by atoms with Gasteiger partial charge in [0.05, 0.1) is 6.20 Å². The zero-order chi connectivity index (χ0) is 18.6. The molecule has 1 fully saturated rings. The van der Waals surface area contributed by atoms with E-state index in [-0.39, 0.29) is 18.5 Å². The molecule has 0 bridgehead atoms. The second-order valence-electron chi connectivity index (χ2n) is 6.71. The fraction of sp³-hybridized carbons (Fsp3) is 0.647. The molecule has 0 aliphatic carbocycles. The monoisotopic (exact) mass is 349 g/mol. The van der Waals surface area contributed by atoms with Crippen LogP contribution in [0.3, 0.4) is 0 Å². The van der Waals surface area contributed by atoms with Gasteiger partial charge in [0.25, 0.3) is 5.91 Å². The van der Waals surface area contributed by atoms with Crippen LogP contribution in [0.1, 0.15) is 59.4 Å². The minimum absolute atomic E-state index is 0.0868. The van der Waals surface area contributed by atoms with Crippen LogP contribution in [0.4, 0.5) is 10.6 Å². The lowest BCUT2D eigenvalue weighted by molar-refractivity contribution is -0.134. The molecule has 4 amide bonds. The highest BCUT2D eigenvalue weighted by Gasteiger charge is 2.50. The van der Waals surface area contributed by atoms with E-state index in [1.807, 2.05) is 27.7 Å². The van der Waals surface area contributed by atoms with Crippen molar-refractivity contribution >= 4 is 23.7 Å². The van der Waals surface area contributed by atoms with E-state index in [0.29, 0.717) is 18.7 Å². The summed E-state index contributed by atoms with van der Waals surface area (Å²) in [7, 11) is 0. The molecule has 0 unspecified atom stereocenters. The van der Waals surface area contributed by atoms with Crippen molar-refractivity contribution in [2.75, 3.05) is 11.9 Å². The smallest absolute Gasteiger partial charge is 0.323 e. The SMILES string of the molecule is CCCC1(CCC)NC(=O)N(CC(=O)Nc2ccnn2C(C)C)C1=O. The van der Waals surface area contributed by atoms with E-state index in [1.54, 1.807) is 16.9 Å². The largest absolute Gasteiger partial charge is 0.325 e. The Hall–Kier alpha value is -2.38.